The Hall–Kier alpha value is -3.41. The van der Waals surface area contributed by atoms with Crippen molar-refractivity contribution in [3.8, 4) is 0 Å². The van der Waals surface area contributed by atoms with Gasteiger partial charge in [0.2, 0.25) is 0 Å². The summed E-state index contributed by atoms with van der Waals surface area (Å²) < 4.78 is 16.7. The second-order valence-electron chi connectivity index (χ2n) is 16.0. The molecule has 0 aliphatic heterocycles. The lowest BCUT2D eigenvalue weighted by Crippen LogP contribution is -2.30. The molecule has 0 spiro atoms. The Bertz CT molecular complexity index is 1190. The molecule has 6 nitrogen and oxygen atoms in total. The van der Waals surface area contributed by atoms with Crippen LogP contribution in [0.3, 0.4) is 0 Å². The molecule has 0 N–H and O–H groups in total. The van der Waals surface area contributed by atoms with Crippen LogP contribution < -0.4 is 0 Å². The Morgan fingerprint density at radius 3 is 1.18 bits per heavy atom. The van der Waals surface area contributed by atoms with Gasteiger partial charge >= 0.3 is 17.9 Å². The first-order valence-corrected chi connectivity index (χ1v) is 24.6. The predicted molar refractivity (Wildman–Crippen MR) is 256 cm³/mol. The molecule has 0 bridgehead atoms. The van der Waals surface area contributed by atoms with Gasteiger partial charge in [-0.05, 0) is 77.0 Å². The zero-order valence-corrected chi connectivity index (χ0v) is 38.9. The maximum Gasteiger partial charge on any atom is 0.306 e. The van der Waals surface area contributed by atoms with Crippen molar-refractivity contribution >= 4 is 17.9 Å². The lowest BCUT2D eigenvalue weighted by molar-refractivity contribution is -0.166. The molecule has 0 heterocycles. The van der Waals surface area contributed by atoms with Crippen molar-refractivity contribution < 1.29 is 28.6 Å². The summed E-state index contributed by atoms with van der Waals surface area (Å²) in [6.07, 6.45) is 61.5. The molecular weight excluding hydrogens is 745 g/mol. The first-order chi connectivity index (χ1) is 29.5. The zero-order valence-electron chi connectivity index (χ0n) is 38.9. The number of carbonyl (C=O) groups excluding carboxylic acids is 3. The van der Waals surface area contributed by atoms with Crippen molar-refractivity contribution in [3.63, 3.8) is 0 Å². The number of carbonyl (C=O) groups is 3. The highest BCUT2D eigenvalue weighted by Crippen LogP contribution is 2.14. The Morgan fingerprint density at radius 1 is 0.350 bits per heavy atom. The molecule has 0 fully saturated rings. The molecule has 0 aromatic rings. The molecule has 0 aromatic heterocycles. The third kappa shape index (κ3) is 45.7. The summed E-state index contributed by atoms with van der Waals surface area (Å²) in [6, 6.07) is 0. The maximum atomic E-state index is 12.7. The topological polar surface area (TPSA) is 78.9 Å². The fraction of sp³-hybridized carbons (Fsp3) is 0.685. The van der Waals surface area contributed by atoms with E-state index in [-0.39, 0.29) is 37.5 Å². The number of ether oxygens (including phenoxy) is 3. The molecule has 0 rings (SSSR count). The van der Waals surface area contributed by atoms with Gasteiger partial charge in [0.15, 0.2) is 6.10 Å². The molecule has 0 amide bonds. The fourth-order valence-electron chi connectivity index (χ4n) is 6.47. The summed E-state index contributed by atoms with van der Waals surface area (Å²) >= 11 is 0. The van der Waals surface area contributed by atoms with Gasteiger partial charge in [-0.2, -0.15) is 0 Å². The number of unbranched alkanes of at least 4 members (excludes halogenated alkanes) is 18. The van der Waals surface area contributed by atoms with Crippen molar-refractivity contribution in [2.75, 3.05) is 13.2 Å². The van der Waals surface area contributed by atoms with Gasteiger partial charge in [-0.25, -0.2) is 0 Å². The minimum absolute atomic E-state index is 0.103. The highest BCUT2D eigenvalue weighted by Gasteiger charge is 2.19. The van der Waals surface area contributed by atoms with E-state index in [0.717, 1.165) is 96.3 Å². The minimum atomic E-state index is -0.806. The van der Waals surface area contributed by atoms with E-state index >= 15 is 0 Å². The van der Waals surface area contributed by atoms with Crippen molar-refractivity contribution in [1.29, 1.82) is 0 Å². The standard InChI is InChI=1S/C54H90O6/c1-4-7-10-13-16-19-22-24-25-26-27-28-29-31-32-35-38-41-44-47-53(56)59-50-51(49-58-52(55)46-43-40-37-34-21-18-15-12-9-6-3)60-54(57)48-45-42-39-36-33-30-23-20-17-14-11-8-5-2/h7,10,12,15-16,19,24-25,27-28,31-32,38,41,51H,4-6,8-9,11,13-14,17-18,20-23,26,29-30,33-37,39-40,42-50H2,1-3H3/b10-7-,15-12-,19-16-,25-24-,28-27-,32-31-,41-38-. The monoisotopic (exact) mass is 835 g/mol. The van der Waals surface area contributed by atoms with Crippen LogP contribution in [-0.2, 0) is 28.6 Å². The molecule has 0 aliphatic carbocycles. The third-order valence-corrected chi connectivity index (χ3v) is 10.1. The van der Waals surface area contributed by atoms with Crippen LogP contribution in [0.25, 0.3) is 0 Å². The van der Waals surface area contributed by atoms with Gasteiger partial charge in [-0.1, -0.05) is 209 Å². The molecule has 0 aromatic carbocycles. The Morgan fingerprint density at radius 2 is 0.717 bits per heavy atom. The third-order valence-electron chi connectivity index (χ3n) is 10.1. The van der Waals surface area contributed by atoms with Crippen molar-refractivity contribution in [2.45, 2.75) is 226 Å². The maximum absolute atomic E-state index is 12.7. The lowest BCUT2D eigenvalue weighted by atomic mass is 10.0. The second-order valence-corrected chi connectivity index (χ2v) is 16.0. The van der Waals surface area contributed by atoms with Gasteiger partial charge in [0.1, 0.15) is 13.2 Å². The van der Waals surface area contributed by atoms with Gasteiger partial charge in [-0.3, -0.25) is 14.4 Å². The van der Waals surface area contributed by atoms with Crippen LogP contribution in [-0.4, -0.2) is 37.2 Å². The number of allylic oxidation sites excluding steroid dienone is 14. The van der Waals surface area contributed by atoms with Crippen LogP contribution in [0.5, 0.6) is 0 Å². The van der Waals surface area contributed by atoms with Crippen molar-refractivity contribution in [2.24, 2.45) is 0 Å². The van der Waals surface area contributed by atoms with Crippen molar-refractivity contribution in [1.82, 2.24) is 0 Å². The highest BCUT2D eigenvalue weighted by molar-refractivity contribution is 5.71. The van der Waals surface area contributed by atoms with Crippen LogP contribution in [0.2, 0.25) is 0 Å². The van der Waals surface area contributed by atoms with Gasteiger partial charge in [-0.15, -0.1) is 0 Å². The summed E-state index contributed by atoms with van der Waals surface area (Å²) in [4.78, 5) is 37.8. The van der Waals surface area contributed by atoms with Crippen molar-refractivity contribution in [3.05, 3.63) is 85.1 Å². The van der Waals surface area contributed by atoms with Gasteiger partial charge in [0, 0.05) is 19.3 Å². The lowest BCUT2D eigenvalue weighted by Gasteiger charge is -2.18. The van der Waals surface area contributed by atoms with Crippen LogP contribution >= 0.6 is 0 Å². The molecule has 342 valence electrons. The second kappa shape index (κ2) is 48.3. The van der Waals surface area contributed by atoms with E-state index in [1.807, 2.05) is 12.2 Å². The molecule has 60 heavy (non-hydrogen) atoms. The normalized spacial score (nSPS) is 12.8. The number of hydrogen-bond donors (Lipinski definition) is 0. The number of rotatable bonds is 43. The Kier molecular flexibility index (Phi) is 45.5. The summed E-state index contributed by atoms with van der Waals surface area (Å²) in [5.74, 6) is -1.00. The number of esters is 3. The summed E-state index contributed by atoms with van der Waals surface area (Å²) in [7, 11) is 0. The number of hydrogen-bond acceptors (Lipinski definition) is 6. The average molecular weight is 835 g/mol. The Balaban J connectivity index is 4.47. The molecule has 1 unspecified atom stereocenters. The quantitative estimate of drug-likeness (QED) is 0.0263. The summed E-state index contributed by atoms with van der Waals surface area (Å²) in [5.41, 5.74) is 0. The van der Waals surface area contributed by atoms with Crippen LogP contribution in [0.1, 0.15) is 220 Å². The van der Waals surface area contributed by atoms with E-state index in [1.54, 1.807) is 0 Å². The van der Waals surface area contributed by atoms with E-state index in [9.17, 15) is 14.4 Å². The van der Waals surface area contributed by atoms with Gasteiger partial charge in [0.05, 0.1) is 0 Å². The van der Waals surface area contributed by atoms with Crippen LogP contribution in [0.15, 0.2) is 85.1 Å². The highest BCUT2D eigenvalue weighted by atomic mass is 16.6. The first kappa shape index (κ1) is 56.6. The molecule has 1 atom stereocenters. The van der Waals surface area contributed by atoms with E-state index in [0.29, 0.717) is 19.3 Å². The van der Waals surface area contributed by atoms with E-state index < -0.39 is 6.10 Å². The molecule has 0 radical (unpaired) electrons. The molecular formula is C54H90O6. The molecule has 0 saturated carbocycles. The smallest absolute Gasteiger partial charge is 0.306 e. The summed E-state index contributed by atoms with van der Waals surface area (Å²) in [6.45, 7) is 6.38. The fourth-order valence-corrected chi connectivity index (χ4v) is 6.47. The van der Waals surface area contributed by atoms with Gasteiger partial charge in [0.25, 0.3) is 0 Å². The average Bonchev–Trinajstić information content (AvgIpc) is 3.24. The van der Waals surface area contributed by atoms with Crippen LogP contribution in [0, 0.1) is 0 Å². The minimum Gasteiger partial charge on any atom is -0.462 e. The van der Waals surface area contributed by atoms with E-state index in [4.69, 9.17) is 14.2 Å². The first-order valence-electron chi connectivity index (χ1n) is 24.6. The molecule has 0 saturated heterocycles. The van der Waals surface area contributed by atoms with E-state index in [2.05, 4.69) is 93.7 Å². The van der Waals surface area contributed by atoms with E-state index in [1.165, 1.54) is 77.0 Å². The molecule has 0 aliphatic rings. The zero-order chi connectivity index (χ0) is 43.7. The molecule has 6 heteroatoms. The van der Waals surface area contributed by atoms with Gasteiger partial charge < -0.3 is 14.2 Å². The summed E-state index contributed by atoms with van der Waals surface area (Å²) in [5, 5.41) is 0. The SMILES string of the molecule is CC/C=C\C/C=C\C/C=C\C/C=C\C/C=C\C/C=C\CCC(=O)OCC(COC(=O)CCCCCCC/C=C\CCC)OC(=O)CCCCCCCCCCCCCCC. The van der Waals surface area contributed by atoms with Crippen LogP contribution in [0.4, 0.5) is 0 Å². The largest absolute Gasteiger partial charge is 0.462 e. The Labute approximate surface area is 369 Å². The predicted octanol–water partition coefficient (Wildman–Crippen LogP) is 16.0.